The van der Waals surface area contributed by atoms with Crippen LogP contribution in [0.2, 0.25) is 0 Å². The number of hydrogen-bond acceptors (Lipinski definition) is 4. The van der Waals surface area contributed by atoms with Crippen molar-refractivity contribution in [2.75, 3.05) is 12.4 Å². The Morgan fingerprint density at radius 2 is 1.88 bits per heavy atom. The standard InChI is InChI=1S/C10H12N4.C2H6/c1-3-7-4-8-9(5-12-7)14-10(11-2)6-13-8;1-2/h4-6H,3H2,1-2H3,(H,11,14);1-2H3. The molecule has 0 unspecified atom stereocenters. The minimum atomic E-state index is 0.767. The monoisotopic (exact) mass is 218 g/mol. The Labute approximate surface area is 96.2 Å². The van der Waals surface area contributed by atoms with Crippen LogP contribution in [0.5, 0.6) is 0 Å². The predicted molar refractivity (Wildman–Crippen MR) is 67.6 cm³/mol. The van der Waals surface area contributed by atoms with E-state index in [0.717, 1.165) is 29.0 Å². The van der Waals surface area contributed by atoms with Crippen LogP contribution in [-0.4, -0.2) is 22.0 Å². The van der Waals surface area contributed by atoms with Gasteiger partial charge < -0.3 is 5.32 Å². The summed E-state index contributed by atoms with van der Waals surface area (Å²) in [4.78, 5) is 12.9. The summed E-state index contributed by atoms with van der Waals surface area (Å²) in [5.74, 6) is 0.767. The molecule has 0 aromatic carbocycles. The van der Waals surface area contributed by atoms with E-state index in [2.05, 4.69) is 27.2 Å². The minimum Gasteiger partial charge on any atom is -0.372 e. The Morgan fingerprint density at radius 1 is 1.12 bits per heavy atom. The zero-order chi connectivity index (χ0) is 12.0. The van der Waals surface area contributed by atoms with Gasteiger partial charge in [0.15, 0.2) is 0 Å². The van der Waals surface area contributed by atoms with E-state index in [-0.39, 0.29) is 0 Å². The SMILES string of the molecule is CC.CCc1cc2ncc(NC)nc2cn1. The highest BCUT2D eigenvalue weighted by Crippen LogP contribution is 2.11. The molecule has 0 fully saturated rings. The quantitative estimate of drug-likeness (QED) is 0.842. The van der Waals surface area contributed by atoms with Crippen molar-refractivity contribution in [1.82, 2.24) is 15.0 Å². The van der Waals surface area contributed by atoms with Gasteiger partial charge in [0.1, 0.15) is 11.3 Å². The molecule has 4 nitrogen and oxygen atoms in total. The van der Waals surface area contributed by atoms with Gasteiger partial charge in [-0.05, 0) is 12.5 Å². The van der Waals surface area contributed by atoms with Gasteiger partial charge in [-0.15, -0.1) is 0 Å². The normalized spacial score (nSPS) is 9.50. The molecule has 2 heterocycles. The highest BCUT2D eigenvalue weighted by atomic mass is 15.0. The van der Waals surface area contributed by atoms with Crippen LogP contribution in [0.4, 0.5) is 5.82 Å². The number of fused-ring (bicyclic) bond motifs is 1. The molecule has 2 rings (SSSR count). The van der Waals surface area contributed by atoms with Crippen LogP contribution in [-0.2, 0) is 6.42 Å². The number of hydrogen-bond donors (Lipinski definition) is 1. The number of pyridine rings is 1. The molecule has 0 aliphatic carbocycles. The molecule has 2 aromatic heterocycles. The summed E-state index contributed by atoms with van der Waals surface area (Å²) in [6, 6.07) is 1.97. The largest absolute Gasteiger partial charge is 0.372 e. The lowest BCUT2D eigenvalue weighted by Gasteiger charge is -2.01. The van der Waals surface area contributed by atoms with Gasteiger partial charge >= 0.3 is 0 Å². The van der Waals surface area contributed by atoms with Crippen LogP contribution in [0.15, 0.2) is 18.5 Å². The summed E-state index contributed by atoms with van der Waals surface area (Å²) >= 11 is 0. The Balaban J connectivity index is 0.000000606. The molecule has 0 saturated heterocycles. The van der Waals surface area contributed by atoms with E-state index in [0.29, 0.717) is 0 Å². The highest BCUT2D eigenvalue weighted by molar-refractivity contribution is 5.74. The highest BCUT2D eigenvalue weighted by Gasteiger charge is 1.99. The summed E-state index contributed by atoms with van der Waals surface area (Å²) in [7, 11) is 1.82. The average Bonchev–Trinajstić information content (AvgIpc) is 2.39. The topological polar surface area (TPSA) is 50.7 Å². The van der Waals surface area contributed by atoms with Gasteiger partial charge in [-0.25, -0.2) is 4.98 Å². The van der Waals surface area contributed by atoms with Crippen molar-refractivity contribution >= 4 is 16.9 Å². The summed E-state index contributed by atoms with van der Waals surface area (Å²) in [6.45, 7) is 6.07. The summed E-state index contributed by atoms with van der Waals surface area (Å²) in [5, 5.41) is 2.95. The van der Waals surface area contributed by atoms with E-state index < -0.39 is 0 Å². The Kier molecular flexibility index (Phi) is 4.64. The van der Waals surface area contributed by atoms with Gasteiger partial charge in [-0.2, -0.15) is 0 Å². The molecule has 0 radical (unpaired) electrons. The van der Waals surface area contributed by atoms with Crippen LogP contribution in [0, 0.1) is 0 Å². The fourth-order valence-electron chi connectivity index (χ4n) is 1.27. The maximum atomic E-state index is 4.33. The van der Waals surface area contributed by atoms with Crippen LogP contribution in [0.3, 0.4) is 0 Å². The van der Waals surface area contributed by atoms with Crippen molar-refractivity contribution in [3.05, 3.63) is 24.2 Å². The lowest BCUT2D eigenvalue weighted by molar-refractivity contribution is 1.04. The Hall–Kier alpha value is -1.71. The third kappa shape index (κ3) is 2.66. The molecule has 4 heteroatoms. The number of nitrogens with zero attached hydrogens (tertiary/aromatic N) is 3. The van der Waals surface area contributed by atoms with Crippen LogP contribution in [0.1, 0.15) is 26.5 Å². The molecule has 0 saturated carbocycles. The molecule has 1 N–H and O–H groups in total. The first-order valence-electron chi connectivity index (χ1n) is 5.63. The Morgan fingerprint density at radius 3 is 2.50 bits per heavy atom. The fourth-order valence-corrected chi connectivity index (χ4v) is 1.27. The molecule has 0 aliphatic heterocycles. The maximum absolute atomic E-state index is 4.33. The first-order valence-corrected chi connectivity index (χ1v) is 5.63. The summed E-state index contributed by atoms with van der Waals surface area (Å²) in [5.41, 5.74) is 2.77. The van der Waals surface area contributed by atoms with Gasteiger partial charge in [0.25, 0.3) is 0 Å². The average molecular weight is 218 g/mol. The van der Waals surface area contributed by atoms with E-state index in [9.17, 15) is 0 Å². The maximum Gasteiger partial charge on any atom is 0.145 e. The number of rotatable bonds is 2. The van der Waals surface area contributed by atoms with Gasteiger partial charge in [0, 0.05) is 12.7 Å². The van der Waals surface area contributed by atoms with Gasteiger partial charge in [-0.1, -0.05) is 20.8 Å². The molecule has 0 amide bonds. The second kappa shape index (κ2) is 6.00. The molecule has 0 bridgehead atoms. The van der Waals surface area contributed by atoms with Crippen molar-refractivity contribution in [2.24, 2.45) is 0 Å². The fraction of sp³-hybridized carbons (Fsp3) is 0.417. The van der Waals surface area contributed by atoms with E-state index in [1.165, 1.54) is 0 Å². The van der Waals surface area contributed by atoms with Crippen LogP contribution < -0.4 is 5.32 Å². The molecule has 0 aliphatic rings. The number of anilines is 1. The zero-order valence-corrected chi connectivity index (χ0v) is 10.3. The van der Waals surface area contributed by atoms with E-state index in [1.807, 2.05) is 27.0 Å². The summed E-state index contributed by atoms with van der Waals surface area (Å²) in [6.07, 6.45) is 4.41. The molecule has 0 atom stereocenters. The first kappa shape index (κ1) is 12.4. The van der Waals surface area contributed by atoms with Gasteiger partial charge in [-0.3, -0.25) is 9.97 Å². The van der Waals surface area contributed by atoms with Crippen molar-refractivity contribution in [1.29, 1.82) is 0 Å². The van der Waals surface area contributed by atoms with Crippen LogP contribution in [0.25, 0.3) is 11.0 Å². The van der Waals surface area contributed by atoms with Gasteiger partial charge in [0.05, 0.1) is 17.9 Å². The number of nitrogens with one attached hydrogen (secondary N) is 1. The van der Waals surface area contributed by atoms with E-state index in [1.54, 1.807) is 12.4 Å². The van der Waals surface area contributed by atoms with E-state index >= 15 is 0 Å². The molecule has 2 aromatic rings. The smallest absolute Gasteiger partial charge is 0.145 e. The number of aryl methyl sites for hydroxylation is 1. The molecular formula is C12H18N4. The number of aromatic nitrogens is 3. The van der Waals surface area contributed by atoms with Crippen molar-refractivity contribution in [3.63, 3.8) is 0 Å². The second-order valence-corrected chi connectivity index (χ2v) is 3.02. The second-order valence-electron chi connectivity index (χ2n) is 3.02. The van der Waals surface area contributed by atoms with E-state index in [4.69, 9.17) is 0 Å². The van der Waals surface area contributed by atoms with Crippen molar-refractivity contribution < 1.29 is 0 Å². The first-order chi connectivity index (χ1) is 7.83. The predicted octanol–water partition coefficient (Wildman–Crippen LogP) is 2.66. The molecule has 16 heavy (non-hydrogen) atoms. The third-order valence-electron chi connectivity index (χ3n) is 2.10. The summed E-state index contributed by atoms with van der Waals surface area (Å²) < 4.78 is 0. The van der Waals surface area contributed by atoms with Gasteiger partial charge in [0.2, 0.25) is 0 Å². The molecule has 0 spiro atoms. The molecular weight excluding hydrogens is 200 g/mol. The molecule has 86 valence electrons. The van der Waals surface area contributed by atoms with Crippen LogP contribution >= 0.6 is 0 Å². The lowest BCUT2D eigenvalue weighted by Crippen LogP contribution is -1.95. The lowest BCUT2D eigenvalue weighted by atomic mass is 10.2. The van der Waals surface area contributed by atoms with Crippen molar-refractivity contribution in [2.45, 2.75) is 27.2 Å². The minimum absolute atomic E-state index is 0.767. The third-order valence-corrected chi connectivity index (χ3v) is 2.10. The zero-order valence-electron chi connectivity index (χ0n) is 10.3. The Bertz CT molecular complexity index is 410. The van der Waals surface area contributed by atoms with Crippen molar-refractivity contribution in [3.8, 4) is 0 Å².